The number of hydrogen-bond donors (Lipinski definition) is 2. The Morgan fingerprint density at radius 3 is 2.44 bits per heavy atom. The number of aryl methyl sites for hydroxylation is 2. The number of halogens is 3. The van der Waals surface area contributed by atoms with Crippen LogP contribution in [0, 0.1) is 0 Å². The molecule has 0 bridgehead atoms. The van der Waals surface area contributed by atoms with Crippen LogP contribution in [-0.4, -0.2) is 33.6 Å². The van der Waals surface area contributed by atoms with E-state index in [9.17, 15) is 18.0 Å². The third-order valence-electron chi connectivity index (χ3n) is 6.40. The van der Waals surface area contributed by atoms with Gasteiger partial charge in [-0.15, -0.1) is 18.3 Å². The molecule has 5 rings (SSSR count). The maximum absolute atomic E-state index is 12.5. The third-order valence-corrected chi connectivity index (χ3v) is 6.89. The van der Waals surface area contributed by atoms with Gasteiger partial charge in [0, 0.05) is 17.3 Å². The highest BCUT2D eigenvalue weighted by molar-refractivity contribution is 7.96. The van der Waals surface area contributed by atoms with Crippen molar-refractivity contribution in [1.29, 1.82) is 0 Å². The smallest absolute Gasteiger partial charge is 0.406 e. The average Bonchev–Trinajstić information content (AvgIpc) is 3.39. The number of benzene rings is 4. The Morgan fingerprint density at radius 1 is 1.02 bits per heavy atom. The monoisotopic (exact) mass is 578 g/mol. The number of rotatable bonds is 8. The van der Waals surface area contributed by atoms with Crippen molar-refractivity contribution in [1.82, 2.24) is 19.7 Å². The fourth-order valence-electron chi connectivity index (χ4n) is 4.49. The quantitative estimate of drug-likeness (QED) is 0.148. The molecule has 1 heterocycles. The van der Waals surface area contributed by atoms with Gasteiger partial charge >= 0.3 is 12.4 Å². The Balaban J connectivity index is 1.26. The Morgan fingerprint density at radius 2 is 1.76 bits per heavy atom. The summed E-state index contributed by atoms with van der Waals surface area (Å²) in [6, 6.07) is 20.5. The number of amides is 2. The summed E-state index contributed by atoms with van der Waals surface area (Å²) in [4.78, 5) is 12.5. The van der Waals surface area contributed by atoms with Crippen LogP contribution in [0.15, 0.2) is 77.2 Å². The SMILES string of the molecule is CCc1cccc(CC)c1NC(=O)NSN=Cc1ccc2c(ccc3c2nnn3-c2ccc(OC(F)(F)F)cc2)c1. The molecule has 12 heteroatoms. The molecule has 5 aromatic rings. The van der Waals surface area contributed by atoms with E-state index in [-0.39, 0.29) is 11.8 Å². The first-order valence-corrected chi connectivity index (χ1v) is 13.5. The predicted molar refractivity (Wildman–Crippen MR) is 156 cm³/mol. The normalized spacial score (nSPS) is 11.8. The van der Waals surface area contributed by atoms with Gasteiger partial charge < -0.3 is 10.1 Å². The summed E-state index contributed by atoms with van der Waals surface area (Å²) in [6.07, 6.45) is -1.48. The lowest BCUT2D eigenvalue weighted by molar-refractivity contribution is -0.274. The summed E-state index contributed by atoms with van der Waals surface area (Å²) >= 11 is 0.926. The molecule has 0 unspecified atom stereocenters. The van der Waals surface area contributed by atoms with Gasteiger partial charge in [-0.2, -0.15) is 0 Å². The van der Waals surface area contributed by atoms with E-state index in [2.05, 4.69) is 29.5 Å². The molecule has 0 aliphatic carbocycles. The standard InChI is InChI=1S/C29H25F3N6O2S/c1-3-19-6-5-7-20(4-2)26(19)34-28(39)36-41-33-17-18-8-14-24-21(16-18)9-15-25-27(24)35-37-38(25)22-10-12-23(13-11-22)40-29(30,31)32/h5-17H,3-4H2,1-2H3,(H2,34,36,39). The first kappa shape index (κ1) is 28.0. The van der Waals surface area contributed by atoms with Crippen molar-refractivity contribution in [2.45, 2.75) is 33.1 Å². The number of fused-ring (bicyclic) bond motifs is 3. The van der Waals surface area contributed by atoms with E-state index in [1.807, 2.05) is 62.4 Å². The maximum Gasteiger partial charge on any atom is 0.573 e. The minimum Gasteiger partial charge on any atom is -0.406 e. The van der Waals surface area contributed by atoms with Gasteiger partial charge in [0.15, 0.2) is 0 Å². The summed E-state index contributed by atoms with van der Waals surface area (Å²) in [5.41, 5.74) is 5.70. The molecule has 0 saturated carbocycles. The minimum atomic E-state index is -4.76. The number of anilines is 1. The van der Waals surface area contributed by atoms with Crippen molar-refractivity contribution < 1.29 is 22.7 Å². The number of para-hydroxylation sites is 1. The molecule has 0 fully saturated rings. The third kappa shape index (κ3) is 6.43. The van der Waals surface area contributed by atoms with Crippen molar-refractivity contribution >= 4 is 51.9 Å². The molecule has 0 aliphatic heterocycles. The van der Waals surface area contributed by atoms with Crippen molar-refractivity contribution in [2.75, 3.05) is 5.32 Å². The Kier molecular flexibility index (Phi) is 8.11. The largest absolute Gasteiger partial charge is 0.573 e. The van der Waals surface area contributed by atoms with Gasteiger partial charge in [-0.1, -0.05) is 55.5 Å². The van der Waals surface area contributed by atoms with Gasteiger partial charge in [-0.05, 0) is 71.3 Å². The molecule has 0 radical (unpaired) electrons. The fraction of sp³-hybridized carbons (Fsp3) is 0.172. The summed E-state index contributed by atoms with van der Waals surface area (Å²) < 4.78 is 49.8. The predicted octanol–water partition coefficient (Wildman–Crippen LogP) is 7.40. The summed E-state index contributed by atoms with van der Waals surface area (Å²) in [7, 11) is 0. The highest BCUT2D eigenvalue weighted by Crippen LogP contribution is 2.28. The van der Waals surface area contributed by atoms with E-state index in [0.717, 1.165) is 58.1 Å². The van der Waals surface area contributed by atoms with Gasteiger partial charge in [0.2, 0.25) is 0 Å². The summed E-state index contributed by atoms with van der Waals surface area (Å²) in [5.74, 6) is -0.313. The number of carbonyl (C=O) groups is 1. The highest BCUT2D eigenvalue weighted by atomic mass is 32.2. The lowest BCUT2D eigenvalue weighted by Crippen LogP contribution is -2.23. The zero-order valence-electron chi connectivity index (χ0n) is 22.1. The number of nitrogens with zero attached hydrogens (tertiary/aromatic N) is 4. The Hall–Kier alpha value is -4.58. The lowest BCUT2D eigenvalue weighted by Gasteiger charge is -2.14. The number of aromatic nitrogens is 3. The molecule has 0 atom stereocenters. The van der Waals surface area contributed by atoms with Crippen LogP contribution in [0.4, 0.5) is 23.7 Å². The molecule has 210 valence electrons. The molecule has 2 N–H and O–H groups in total. The molecule has 4 aromatic carbocycles. The topological polar surface area (TPSA) is 93.4 Å². The number of alkyl halides is 3. The molecular weight excluding hydrogens is 553 g/mol. The Bertz CT molecular complexity index is 1710. The van der Waals surface area contributed by atoms with Crippen molar-refractivity contribution in [3.63, 3.8) is 0 Å². The van der Waals surface area contributed by atoms with Crippen LogP contribution in [0.5, 0.6) is 5.75 Å². The average molecular weight is 579 g/mol. The van der Waals surface area contributed by atoms with Crippen LogP contribution in [0.1, 0.15) is 30.5 Å². The van der Waals surface area contributed by atoms with Crippen LogP contribution < -0.4 is 14.8 Å². The van der Waals surface area contributed by atoms with E-state index >= 15 is 0 Å². The van der Waals surface area contributed by atoms with E-state index < -0.39 is 6.36 Å². The van der Waals surface area contributed by atoms with Gasteiger partial charge in [0.1, 0.15) is 11.3 Å². The first-order chi connectivity index (χ1) is 19.8. The van der Waals surface area contributed by atoms with Crippen LogP contribution in [0.3, 0.4) is 0 Å². The van der Waals surface area contributed by atoms with Crippen molar-refractivity contribution in [3.05, 3.63) is 89.5 Å². The second kappa shape index (κ2) is 11.9. The van der Waals surface area contributed by atoms with E-state index in [1.165, 1.54) is 24.3 Å². The van der Waals surface area contributed by atoms with E-state index in [4.69, 9.17) is 0 Å². The number of hydrogen-bond acceptors (Lipinski definition) is 6. The molecule has 1 aromatic heterocycles. The van der Waals surface area contributed by atoms with Crippen LogP contribution >= 0.6 is 12.1 Å². The molecule has 0 spiro atoms. The van der Waals surface area contributed by atoms with Crippen molar-refractivity contribution in [3.8, 4) is 11.4 Å². The first-order valence-electron chi connectivity index (χ1n) is 12.8. The second-order valence-corrected chi connectivity index (χ2v) is 9.59. The number of urea groups is 1. The number of ether oxygens (including phenoxy) is 1. The van der Waals surface area contributed by atoms with Crippen molar-refractivity contribution in [2.24, 2.45) is 4.40 Å². The van der Waals surface area contributed by atoms with Gasteiger partial charge in [0.05, 0.1) is 23.3 Å². The van der Waals surface area contributed by atoms with Gasteiger partial charge in [-0.3, -0.25) is 4.72 Å². The van der Waals surface area contributed by atoms with Crippen LogP contribution in [0.25, 0.3) is 27.5 Å². The Labute approximate surface area is 237 Å². The number of carbonyl (C=O) groups excluding carboxylic acids is 1. The minimum absolute atomic E-state index is 0.313. The fourth-order valence-corrected chi connectivity index (χ4v) is 4.85. The molecule has 2 amide bonds. The van der Waals surface area contributed by atoms with Gasteiger partial charge in [0.25, 0.3) is 0 Å². The van der Waals surface area contributed by atoms with Crippen LogP contribution in [-0.2, 0) is 12.8 Å². The number of nitrogens with one attached hydrogen (secondary N) is 2. The molecular formula is C29H25F3N6O2S. The molecule has 0 aliphatic rings. The molecule has 8 nitrogen and oxygen atoms in total. The zero-order valence-corrected chi connectivity index (χ0v) is 22.9. The van der Waals surface area contributed by atoms with Crippen LogP contribution in [0.2, 0.25) is 0 Å². The lowest BCUT2D eigenvalue weighted by atomic mass is 10.0. The van der Waals surface area contributed by atoms with E-state index in [0.29, 0.717) is 16.7 Å². The van der Waals surface area contributed by atoms with E-state index in [1.54, 1.807) is 10.9 Å². The van der Waals surface area contributed by atoms with Gasteiger partial charge in [-0.25, -0.2) is 13.9 Å². The maximum atomic E-state index is 12.5. The molecule has 41 heavy (non-hydrogen) atoms. The molecule has 0 saturated heterocycles. The highest BCUT2D eigenvalue weighted by Gasteiger charge is 2.31. The summed E-state index contributed by atoms with van der Waals surface area (Å²) in [5, 5.41) is 13.2. The summed E-state index contributed by atoms with van der Waals surface area (Å²) in [6.45, 7) is 4.10. The zero-order chi connectivity index (χ0) is 29.0. The second-order valence-electron chi connectivity index (χ2n) is 9.00.